The minimum Gasteiger partial charge on any atom is -0.531 e. The van der Waals surface area contributed by atoms with Crippen LogP contribution in [-0.2, 0) is 6.42 Å². The van der Waals surface area contributed by atoms with Gasteiger partial charge in [-0.1, -0.05) is 13.3 Å². The number of unbranched alkanes of at least 4 members (excludes halogenated alkanes) is 1. The molecular weight excluding hydrogens is 284 g/mol. The Hall–Kier alpha value is -0.886. The molecule has 0 aliphatic carbocycles. The van der Waals surface area contributed by atoms with E-state index >= 15 is 0 Å². The summed E-state index contributed by atoms with van der Waals surface area (Å²) in [7, 11) is -3.38. The van der Waals surface area contributed by atoms with Gasteiger partial charge in [-0.05, 0) is 52.1 Å². The summed E-state index contributed by atoms with van der Waals surface area (Å²) in [5.41, 5.74) is 1.09. The first-order valence-electron chi connectivity index (χ1n) is 7.34. The first-order chi connectivity index (χ1) is 9.11. The van der Waals surface area contributed by atoms with Gasteiger partial charge in [0.15, 0.2) is 0 Å². The fourth-order valence-electron chi connectivity index (χ4n) is 1.62. The van der Waals surface area contributed by atoms with Gasteiger partial charge >= 0.3 is 6.01 Å². The van der Waals surface area contributed by atoms with Crippen LogP contribution in [-0.4, -0.2) is 26.6 Å². The van der Waals surface area contributed by atoms with E-state index in [0.29, 0.717) is 6.01 Å². The SMILES string of the molecule is CCCCc1cnc(O[Si](C)(C)C)nc1O[Si](C)(C)C. The van der Waals surface area contributed by atoms with Crippen molar-refractivity contribution in [2.24, 2.45) is 0 Å². The average Bonchev–Trinajstić information content (AvgIpc) is 2.23. The third-order valence-electron chi connectivity index (χ3n) is 2.40. The van der Waals surface area contributed by atoms with Crippen LogP contribution in [0.5, 0.6) is 11.9 Å². The Balaban J connectivity index is 3.01. The Labute approximate surface area is 125 Å². The molecule has 0 aromatic carbocycles. The van der Waals surface area contributed by atoms with E-state index in [1.165, 1.54) is 0 Å². The number of aryl methyl sites for hydroxylation is 1. The van der Waals surface area contributed by atoms with Crippen molar-refractivity contribution >= 4 is 16.6 Å². The number of nitrogens with zero attached hydrogens (tertiary/aromatic N) is 2. The summed E-state index contributed by atoms with van der Waals surface area (Å²) in [5.74, 6) is 0.723. The van der Waals surface area contributed by atoms with Crippen molar-refractivity contribution in [3.05, 3.63) is 11.8 Å². The molecule has 0 N–H and O–H groups in total. The van der Waals surface area contributed by atoms with E-state index in [1.54, 1.807) is 0 Å². The molecular formula is C14H28N2O2Si2. The van der Waals surface area contributed by atoms with Crippen LogP contribution in [0.4, 0.5) is 0 Å². The number of hydrogen-bond acceptors (Lipinski definition) is 4. The molecule has 0 amide bonds. The Morgan fingerprint density at radius 3 is 2.10 bits per heavy atom. The Bertz CT molecular complexity index is 440. The van der Waals surface area contributed by atoms with Crippen LogP contribution < -0.4 is 8.85 Å². The van der Waals surface area contributed by atoms with Gasteiger partial charge in [0.05, 0.1) is 0 Å². The van der Waals surface area contributed by atoms with Gasteiger partial charge in [0.1, 0.15) is 0 Å². The van der Waals surface area contributed by atoms with Crippen LogP contribution in [0.15, 0.2) is 6.20 Å². The van der Waals surface area contributed by atoms with Crippen LogP contribution in [0, 0.1) is 0 Å². The van der Waals surface area contributed by atoms with Crippen LogP contribution in [0.1, 0.15) is 25.3 Å². The highest BCUT2D eigenvalue weighted by Crippen LogP contribution is 2.24. The lowest BCUT2D eigenvalue weighted by atomic mass is 10.1. The van der Waals surface area contributed by atoms with Crippen LogP contribution in [0.25, 0.3) is 0 Å². The van der Waals surface area contributed by atoms with Gasteiger partial charge in [0.25, 0.3) is 0 Å². The molecule has 20 heavy (non-hydrogen) atoms. The molecule has 0 saturated heterocycles. The third-order valence-corrected chi connectivity index (χ3v) is 4.00. The van der Waals surface area contributed by atoms with Crippen molar-refractivity contribution in [2.45, 2.75) is 65.5 Å². The second kappa shape index (κ2) is 6.71. The molecule has 0 aliphatic rings. The summed E-state index contributed by atoms with van der Waals surface area (Å²) >= 11 is 0. The molecule has 1 aromatic rings. The van der Waals surface area contributed by atoms with Crippen molar-refractivity contribution in [1.29, 1.82) is 0 Å². The van der Waals surface area contributed by atoms with Crippen molar-refractivity contribution in [1.82, 2.24) is 9.97 Å². The highest BCUT2D eigenvalue weighted by atomic mass is 28.4. The lowest BCUT2D eigenvalue weighted by Crippen LogP contribution is -2.32. The van der Waals surface area contributed by atoms with E-state index in [2.05, 4.69) is 56.2 Å². The highest BCUT2D eigenvalue weighted by Gasteiger charge is 2.22. The minimum absolute atomic E-state index is 0.456. The normalized spacial score (nSPS) is 12.3. The molecule has 114 valence electrons. The maximum atomic E-state index is 6.11. The zero-order valence-corrected chi connectivity index (χ0v) is 15.9. The fraction of sp³-hybridized carbons (Fsp3) is 0.714. The second-order valence-corrected chi connectivity index (χ2v) is 15.9. The summed E-state index contributed by atoms with van der Waals surface area (Å²) in [4.78, 5) is 8.85. The van der Waals surface area contributed by atoms with E-state index in [1.807, 2.05) is 6.20 Å². The quantitative estimate of drug-likeness (QED) is 0.706. The average molecular weight is 313 g/mol. The Morgan fingerprint density at radius 1 is 1.00 bits per heavy atom. The lowest BCUT2D eigenvalue weighted by Gasteiger charge is -2.22. The molecule has 1 aromatic heterocycles. The van der Waals surface area contributed by atoms with E-state index in [4.69, 9.17) is 8.85 Å². The Kier molecular flexibility index (Phi) is 5.76. The highest BCUT2D eigenvalue weighted by molar-refractivity contribution is 6.70. The maximum Gasteiger partial charge on any atom is 0.305 e. The van der Waals surface area contributed by atoms with Gasteiger partial charge in [-0.15, -0.1) is 0 Å². The predicted octanol–water partition coefficient (Wildman–Crippen LogP) is 4.25. The molecule has 0 atom stereocenters. The molecule has 0 spiro atoms. The molecule has 0 radical (unpaired) electrons. The molecule has 0 fully saturated rings. The monoisotopic (exact) mass is 312 g/mol. The third kappa shape index (κ3) is 6.52. The summed E-state index contributed by atoms with van der Waals surface area (Å²) < 4.78 is 12.0. The minimum atomic E-state index is -1.69. The molecule has 6 heteroatoms. The largest absolute Gasteiger partial charge is 0.531 e. The van der Waals surface area contributed by atoms with Gasteiger partial charge in [-0.2, -0.15) is 4.98 Å². The number of hydrogen-bond donors (Lipinski definition) is 0. The van der Waals surface area contributed by atoms with Gasteiger partial charge in [0, 0.05) is 11.8 Å². The maximum absolute atomic E-state index is 6.11. The molecule has 0 unspecified atom stereocenters. The molecule has 1 heterocycles. The van der Waals surface area contributed by atoms with Crippen molar-refractivity contribution in [3.8, 4) is 11.9 Å². The molecule has 0 bridgehead atoms. The van der Waals surface area contributed by atoms with E-state index in [0.717, 1.165) is 30.7 Å². The molecule has 4 nitrogen and oxygen atoms in total. The first-order valence-corrected chi connectivity index (χ1v) is 14.2. The zero-order chi connectivity index (χ0) is 15.4. The number of rotatable bonds is 7. The first kappa shape index (κ1) is 17.2. The van der Waals surface area contributed by atoms with E-state index in [9.17, 15) is 0 Å². The summed E-state index contributed by atoms with van der Waals surface area (Å²) in [6, 6.07) is 0.456. The topological polar surface area (TPSA) is 44.2 Å². The summed E-state index contributed by atoms with van der Waals surface area (Å²) in [5, 5.41) is 0. The molecule has 0 saturated carbocycles. The van der Waals surface area contributed by atoms with Gasteiger partial charge in [-0.3, -0.25) is 0 Å². The fourth-order valence-corrected chi connectivity index (χ4v) is 3.02. The summed E-state index contributed by atoms with van der Waals surface area (Å²) in [6.45, 7) is 15.1. The predicted molar refractivity (Wildman–Crippen MR) is 88.6 cm³/mol. The van der Waals surface area contributed by atoms with Gasteiger partial charge in [0.2, 0.25) is 22.5 Å². The standard InChI is InChI=1S/C14H28N2O2Si2/c1-8-9-10-12-11-15-14(18-20(5,6)7)16-13(12)17-19(2,3)4/h11H,8-10H2,1-7H3. The zero-order valence-electron chi connectivity index (χ0n) is 13.9. The Morgan fingerprint density at radius 2 is 1.60 bits per heavy atom. The van der Waals surface area contributed by atoms with Gasteiger partial charge < -0.3 is 8.85 Å². The van der Waals surface area contributed by atoms with Crippen molar-refractivity contribution < 1.29 is 8.85 Å². The van der Waals surface area contributed by atoms with Crippen molar-refractivity contribution in [2.75, 3.05) is 0 Å². The van der Waals surface area contributed by atoms with Crippen LogP contribution in [0.2, 0.25) is 39.3 Å². The second-order valence-electron chi connectivity index (χ2n) is 7.02. The van der Waals surface area contributed by atoms with Crippen LogP contribution in [0.3, 0.4) is 0 Å². The van der Waals surface area contributed by atoms with Crippen molar-refractivity contribution in [3.63, 3.8) is 0 Å². The lowest BCUT2D eigenvalue weighted by molar-refractivity contribution is 0.469. The van der Waals surface area contributed by atoms with E-state index < -0.39 is 16.6 Å². The number of aromatic nitrogens is 2. The summed E-state index contributed by atoms with van der Waals surface area (Å²) in [6.07, 6.45) is 5.11. The van der Waals surface area contributed by atoms with Gasteiger partial charge in [-0.25, -0.2) is 4.98 Å². The van der Waals surface area contributed by atoms with Crippen LogP contribution >= 0.6 is 0 Å². The molecule has 1 rings (SSSR count). The molecule has 0 aliphatic heterocycles. The smallest absolute Gasteiger partial charge is 0.305 e. The van der Waals surface area contributed by atoms with E-state index in [-0.39, 0.29) is 0 Å².